The highest BCUT2D eigenvalue weighted by Crippen LogP contribution is 2.08. The lowest BCUT2D eigenvalue weighted by atomic mass is 10.2. The van der Waals surface area contributed by atoms with Gasteiger partial charge in [-0.3, -0.25) is 14.6 Å². The maximum atomic E-state index is 10.4. The number of benzene rings is 1. The summed E-state index contributed by atoms with van der Waals surface area (Å²) in [6.07, 6.45) is 3.12. The smallest absolute Gasteiger partial charge is 0.213 e. The predicted octanol–water partition coefficient (Wildman–Crippen LogP) is 1.30. The molecule has 0 aliphatic carbocycles. The quantitative estimate of drug-likeness (QED) is 0.780. The molecule has 2 rings (SSSR count). The first-order chi connectivity index (χ1) is 8.38. The van der Waals surface area contributed by atoms with E-state index in [0.717, 1.165) is 39.1 Å². The van der Waals surface area contributed by atoms with Crippen LogP contribution in [0.15, 0.2) is 30.3 Å². The van der Waals surface area contributed by atoms with Crippen molar-refractivity contribution in [3.63, 3.8) is 0 Å². The lowest BCUT2D eigenvalue weighted by molar-refractivity contribution is 0.263. The van der Waals surface area contributed by atoms with E-state index < -0.39 is 0 Å². The number of nitrogens with zero attached hydrogens (tertiary/aromatic N) is 2. The van der Waals surface area contributed by atoms with Crippen LogP contribution < -0.4 is 0 Å². The van der Waals surface area contributed by atoms with E-state index in [9.17, 15) is 4.79 Å². The van der Waals surface area contributed by atoms with Crippen LogP contribution in [0.2, 0.25) is 0 Å². The highest BCUT2D eigenvalue weighted by molar-refractivity contribution is 5.52. The van der Waals surface area contributed by atoms with Crippen LogP contribution in [-0.4, -0.2) is 48.8 Å². The lowest BCUT2D eigenvalue weighted by Gasteiger charge is -2.20. The van der Waals surface area contributed by atoms with Gasteiger partial charge in [0, 0.05) is 19.6 Å². The van der Waals surface area contributed by atoms with Gasteiger partial charge in [-0.05, 0) is 25.1 Å². The van der Waals surface area contributed by atoms with Crippen LogP contribution in [-0.2, 0) is 11.3 Å². The van der Waals surface area contributed by atoms with Crippen LogP contribution in [0.5, 0.6) is 0 Å². The topological polar surface area (TPSA) is 23.6 Å². The van der Waals surface area contributed by atoms with E-state index >= 15 is 0 Å². The Morgan fingerprint density at radius 2 is 1.71 bits per heavy atom. The predicted molar refractivity (Wildman–Crippen MR) is 68.5 cm³/mol. The molecule has 0 unspecified atom stereocenters. The molecule has 0 amide bonds. The molecule has 1 fully saturated rings. The fourth-order valence-electron chi connectivity index (χ4n) is 2.27. The van der Waals surface area contributed by atoms with Crippen molar-refractivity contribution in [2.75, 3.05) is 32.7 Å². The van der Waals surface area contributed by atoms with Gasteiger partial charge in [0.05, 0.1) is 6.54 Å². The van der Waals surface area contributed by atoms with Gasteiger partial charge in [-0.25, -0.2) is 0 Å². The monoisotopic (exact) mass is 231 g/mol. The Bertz CT molecular complexity index is 339. The first-order valence-electron chi connectivity index (χ1n) is 6.22. The van der Waals surface area contributed by atoms with Crippen LogP contribution in [0.3, 0.4) is 0 Å². The summed E-state index contributed by atoms with van der Waals surface area (Å²) in [4.78, 5) is 15.0. The molecule has 17 heavy (non-hydrogen) atoms. The normalized spacial score (nSPS) is 18.8. The summed E-state index contributed by atoms with van der Waals surface area (Å²) in [5.74, 6) is 0. The van der Waals surface area contributed by atoms with Crippen LogP contribution in [0.25, 0.3) is 0 Å². The van der Waals surface area contributed by atoms with Crippen molar-refractivity contribution in [3.8, 4) is 0 Å². The number of hydrogen-bond acceptors (Lipinski definition) is 3. The van der Waals surface area contributed by atoms with Crippen LogP contribution >= 0.6 is 0 Å². The Hall–Kier alpha value is -1.19. The maximum Gasteiger partial charge on any atom is 0.213 e. The third-order valence-electron chi connectivity index (χ3n) is 3.22. The largest absolute Gasteiger partial charge is 0.298 e. The van der Waals surface area contributed by atoms with Gasteiger partial charge in [-0.15, -0.1) is 0 Å². The molecule has 1 heterocycles. The van der Waals surface area contributed by atoms with Gasteiger partial charge in [-0.1, -0.05) is 30.3 Å². The maximum absolute atomic E-state index is 10.4. The Morgan fingerprint density at radius 3 is 2.47 bits per heavy atom. The van der Waals surface area contributed by atoms with Gasteiger partial charge in [0.1, 0.15) is 0 Å². The standard InChI is InChI=1S/C14H19N2O/c17-12-11-15-7-4-8-16(10-9-15)13-14-5-2-1-3-6-14/h1-3,5-6H,4,7-11,13H2. The Balaban J connectivity index is 1.84. The third kappa shape index (κ3) is 3.95. The van der Waals surface area contributed by atoms with E-state index in [-0.39, 0.29) is 0 Å². The zero-order valence-corrected chi connectivity index (χ0v) is 10.1. The van der Waals surface area contributed by atoms with E-state index in [1.54, 1.807) is 0 Å². The molecular formula is C14H19N2O. The highest BCUT2D eigenvalue weighted by atomic mass is 16.1. The summed E-state index contributed by atoms with van der Waals surface area (Å²) in [6, 6.07) is 10.6. The summed E-state index contributed by atoms with van der Waals surface area (Å²) in [5.41, 5.74) is 1.36. The van der Waals surface area contributed by atoms with Crippen molar-refractivity contribution in [1.82, 2.24) is 9.80 Å². The summed E-state index contributed by atoms with van der Waals surface area (Å²) in [5, 5.41) is 0. The number of rotatable bonds is 4. The van der Waals surface area contributed by atoms with Crippen molar-refractivity contribution < 1.29 is 4.79 Å². The molecule has 0 spiro atoms. The minimum atomic E-state index is 0.458. The zero-order chi connectivity index (χ0) is 11.9. The molecule has 1 aromatic carbocycles. The third-order valence-corrected chi connectivity index (χ3v) is 3.22. The summed E-state index contributed by atoms with van der Waals surface area (Å²) in [7, 11) is 0. The Kier molecular flexibility index (Phi) is 4.71. The Labute approximate surface area is 103 Å². The molecule has 3 nitrogen and oxygen atoms in total. The molecule has 1 radical (unpaired) electrons. The van der Waals surface area contributed by atoms with Gasteiger partial charge in [0.2, 0.25) is 6.29 Å². The van der Waals surface area contributed by atoms with E-state index in [4.69, 9.17) is 0 Å². The van der Waals surface area contributed by atoms with E-state index in [0.29, 0.717) is 6.54 Å². The summed E-state index contributed by atoms with van der Waals surface area (Å²) < 4.78 is 0. The van der Waals surface area contributed by atoms with Crippen molar-refractivity contribution in [2.24, 2.45) is 0 Å². The van der Waals surface area contributed by atoms with Crippen LogP contribution in [0.1, 0.15) is 12.0 Å². The molecule has 1 aromatic rings. The van der Waals surface area contributed by atoms with Crippen molar-refractivity contribution in [3.05, 3.63) is 35.9 Å². The molecule has 0 atom stereocenters. The molecular weight excluding hydrogens is 212 g/mol. The molecule has 1 aliphatic heterocycles. The first kappa shape index (κ1) is 12.3. The molecule has 3 heteroatoms. The van der Waals surface area contributed by atoms with E-state index in [1.807, 2.05) is 12.4 Å². The second kappa shape index (κ2) is 6.52. The molecule has 0 aromatic heterocycles. The summed E-state index contributed by atoms with van der Waals surface area (Å²) >= 11 is 0. The van der Waals surface area contributed by atoms with Gasteiger partial charge in [-0.2, -0.15) is 0 Å². The van der Waals surface area contributed by atoms with E-state index in [2.05, 4.69) is 34.1 Å². The molecule has 0 bridgehead atoms. The first-order valence-corrected chi connectivity index (χ1v) is 6.22. The van der Waals surface area contributed by atoms with Crippen molar-refractivity contribution in [2.45, 2.75) is 13.0 Å². The fourth-order valence-corrected chi connectivity index (χ4v) is 2.27. The minimum Gasteiger partial charge on any atom is -0.298 e. The molecule has 1 aliphatic rings. The van der Waals surface area contributed by atoms with Gasteiger partial charge in [0.25, 0.3) is 0 Å². The average molecular weight is 231 g/mol. The highest BCUT2D eigenvalue weighted by Gasteiger charge is 2.14. The van der Waals surface area contributed by atoms with Crippen LogP contribution in [0.4, 0.5) is 0 Å². The second-order valence-electron chi connectivity index (χ2n) is 4.54. The SMILES string of the molecule is O=[C]CN1CCCN(Cc2ccccc2)CC1. The lowest BCUT2D eigenvalue weighted by Crippen LogP contribution is -2.31. The van der Waals surface area contributed by atoms with Crippen molar-refractivity contribution in [1.29, 1.82) is 0 Å². The van der Waals surface area contributed by atoms with Gasteiger partial charge < -0.3 is 0 Å². The number of carbonyl (C=O) groups excluding carboxylic acids is 1. The molecule has 1 saturated heterocycles. The molecule has 91 valence electrons. The minimum absolute atomic E-state index is 0.458. The molecule has 0 N–H and O–H groups in total. The molecule has 0 saturated carbocycles. The van der Waals surface area contributed by atoms with Crippen molar-refractivity contribution >= 4 is 6.29 Å². The van der Waals surface area contributed by atoms with E-state index in [1.165, 1.54) is 5.56 Å². The van der Waals surface area contributed by atoms with Gasteiger partial charge in [0.15, 0.2) is 0 Å². The van der Waals surface area contributed by atoms with Crippen LogP contribution in [0, 0.1) is 0 Å². The number of hydrogen-bond donors (Lipinski definition) is 0. The van der Waals surface area contributed by atoms with Gasteiger partial charge >= 0.3 is 0 Å². The Morgan fingerprint density at radius 1 is 1.00 bits per heavy atom. The second-order valence-corrected chi connectivity index (χ2v) is 4.54. The average Bonchev–Trinajstić information content (AvgIpc) is 2.57. The zero-order valence-electron chi connectivity index (χ0n) is 10.1. The summed E-state index contributed by atoms with van der Waals surface area (Å²) in [6.45, 7) is 5.61. The fraction of sp³-hybridized carbons (Fsp3) is 0.500.